The molecule has 1 N–H and O–H groups in total. The first-order valence-corrected chi connectivity index (χ1v) is 11.2. The Balaban J connectivity index is 1.40. The van der Waals surface area contributed by atoms with Crippen LogP contribution in [0.25, 0.3) is 0 Å². The molecule has 0 spiro atoms. The Morgan fingerprint density at radius 2 is 2.04 bits per heavy atom. The summed E-state index contributed by atoms with van der Waals surface area (Å²) in [5.74, 6) is 0.969. The third kappa shape index (κ3) is 6.20. The molecule has 2 heterocycles. The predicted molar refractivity (Wildman–Crippen MR) is 112 cm³/mol. The maximum Gasteiger partial charge on any atom is 0.236 e. The summed E-state index contributed by atoms with van der Waals surface area (Å²) >= 11 is 9.72. The van der Waals surface area contributed by atoms with Crippen molar-refractivity contribution in [1.29, 1.82) is 0 Å². The van der Waals surface area contributed by atoms with Crippen molar-refractivity contribution in [2.45, 2.75) is 10.1 Å². The molecule has 0 saturated carbocycles. The summed E-state index contributed by atoms with van der Waals surface area (Å²) in [4.78, 5) is 14.2. The largest absolute Gasteiger partial charge is 0.378 e. The molecule has 2 aromatic rings. The molecule has 138 valence electrons. The van der Waals surface area contributed by atoms with Gasteiger partial charge in [-0.3, -0.25) is 10.1 Å². The lowest BCUT2D eigenvalue weighted by Crippen LogP contribution is -2.39. The lowest BCUT2D eigenvalue weighted by molar-refractivity contribution is -0.113. The van der Waals surface area contributed by atoms with E-state index in [4.69, 9.17) is 17.0 Å². The Bertz CT molecular complexity index is 735. The maximum atomic E-state index is 12.1. The molecule has 0 bridgehead atoms. The van der Waals surface area contributed by atoms with Crippen molar-refractivity contribution in [3.63, 3.8) is 0 Å². The summed E-state index contributed by atoms with van der Waals surface area (Å²) in [6.45, 7) is 2.93. The Kier molecular flexibility index (Phi) is 7.69. The number of ether oxygens (including phenoxy) is 1. The monoisotopic (exact) mass is 426 g/mol. The molecular formula is C16H18N4O2S4. The molecule has 0 atom stereocenters. The van der Waals surface area contributed by atoms with Crippen LogP contribution in [-0.2, 0) is 15.3 Å². The van der Waals surface area contributed by atoms with Crippen molar-refractivity contribution in [2.24, 2.45) is 0 Å². The number of hydrogen-bond acceptors (Lipinski definition) is 8. The summed E-state index contributed by atoms with van der Waals surface area (Å²) in [5, 5.41) is 11.5. The van der Waals surface area contributed by atoms with E-state index in [1.807, 2.05) is 18.2 Å². The van der Waals surface area contributed by atoms with Gasteiger partial charge in [-0.15, -0.1) is 10.2 Å². The van der Waals surface area contributed by atoms with Gasteiger partial charge in [0.2, 0.25) is 11.0 Å². The van der Waals surface area contributed by atoms with Gasteiger partial charge in [0.25, 0.3) is 0 Å². The van der Waals surface area contributed by atoms with E-state index in [1.165, 1.54) is 28.7 Å². The number of carbonyl (C=O) groups is 1. The average molecular weight is 427 g/mol. The number of nitrogens with one attached hydrogen (secondary N) is 1. The smallest absolute Gasteiger partial charge is 0.236 e. The number of rotatable bonds is 6. The first-order chi connectivity index (χ1) is 12.7. The Morgan fingerprint density at radius 3 is 2.81 bits per heavy atom. The second kappa shape index (κ2) is 10.2. The number of benzene rings is 1. The first kappa shape index (κ1) is 19.6. The first-order valence-electron chi connectivity index (χ1n) is 8.00. The molecular weight excluding hydrogens is 408 g/mol. The van der Waals surface area contributed by atoms with E-state index >= 15 is 0 Å². The van der Waals surface area contributed by atoms with E-state index in [2.05, 4.69) is 32.5 Å². The molecule has 1 fully saturated rings. The highest BCUT2D eigenvalue weighted by atomic mass is 32.2. The minimum atomic E-state index is -0.124. The zero-order valence-electron chi connectivity index (χ0n) is 13.9. The summed E-state index contributed by atoms with van der Waals surface area (Å²) in [6, 6.07) is 10.2. The van der Waals surface area contributed by atoms with Crippen molar-refractivity contribution in [1.82, 2.24) is 15.1 Å². The van der Waals surface area contributed by atoms with Crippen LogP contribution in [0.4, 0.5) is 5.13 Å². The van der Waals surface area contributed by atoms with Gasteiger partial charge < -0.3 is 9.64 Å². The van der Waals surface area contributed by atoms with Crippen LogP contribution in [0.2, 0.25) is 0 Å². The van der Waals surface area contributed by atoms with Crippen LogP contribution < -0.4 is 5.32 Å². The second-order valence-electron chi connectivity index (χ2n) is 5.35. The molecule has 0 aliphatic carbocycles. The minimum Gasteiger partial charge on any atom is -0.378 e. The van der Waals surface area contributed by atoms with Crippen LogP contribution in [-0.4, -0.2) is 57.4 Å². The van der Waals surface area contributed by atoms with Crippen molar-refractivity contribution >= 4 is 62.4 Å². The summed E-state index contributed by atoms with van der Waals surface area (Å²) in [7, 11) is 0. The van der Waals surface area contributed by atoms with Crippen LogP contribution in [0.3, 0.4) is 0 Å². The van der Waals surface area contributed by atoms with Crippen molar-refractivity contribution in [2.75, 3.05) is 37.4 Å². The lowest BCUT2D eigenvalue weighted by Gasteiger charge is -2.28. The Morgan fingerprint density at radius 1 is 1.27 bits per heavy atom. The summed E-state index contributed by atoms with van der Waals surface area (Å²) in [5.41, 5.74) is 1.23. The molecule has 6 nitrogen and oxygen atoms in total. The van der Waals surface area contributed by atoms with E-state index in [0.717, 1.165) is 27.5 Å². The van der Waals surface area contributed by atoms with Crippen molar-refractivity contribution in [3.8, 4) is 0 Å². The molecule has 1 saturated heterocycles. The number of aromatic nitrogens is 2. The third-order valence-corrected chi connectivity index (χ3v) is 7.02. The third-order valence-electron chi connectivity index (χ3n) is 3.45. The van der Waals surface area contributed by atoms with E-state index in [-0.39, 0.29) is 11.7 Å². The van der Waals surface area contributed by atoms with Gasteiger partial charge in [0.05, 0.1) is 19.0 Å². The highest BCUT2D eigenvalue weighted by molar-refractivity contribution is 8.23. The number of amides is 1. The molecule has 0 radical (unpaired) electrons. The van der Waals surface area contributed by atoms with Gasteiger partial charge >= 0.3 is 0 Å². The highest BCUT2D eigenvalue weighted by Gasteiger charge is 2.16. The summed E-state index contributed by atoms with van der Waals surface area (Å²) in [6.07, 6.45) is 0. The number of morpholine rings is 1. The zero-order chi connectivity index (χ0) is 18.2. The van der Waals surface area contributed by atoms with Crippen LogP contribution >= 0.6 is 47.1 Å². The van der Waals surface area contributed by atoms with Crippen LogP contribution in [0.5, 0.6) is 0 Å². The molecule has 1 aliphatic heterocycles. The fourth-order valence-electron chi connectivity index (χ4n) is 2.16. The number of carbonyl (C=O) groups excluding carboxylic acids is 1. The molecule has 26 heavy (non-hydrogen) atoms. The predicted octanol–water partition coefficient (Wildman–Crippen LogP) is 3.12. The van der Waals surface area contributed by atoms with Gasteiger partial charge in [0.15, 0.2) is 4.34 Å². The standard InChI is InChI=1S/C16H18N4O2S4/c21-13(11-25-16(23)20-6-8-22-9-7-20)17-14-18-19-15(26-14)24-10-12-4-2-1-3-5-12/h1-5H,6-11H2,(H,17,18,21). The fraction of sp³-hybridized carbons (Fsp3) is 0.375. The number of thiocarbonyl (C=S) groups is 1. The molecule has 1 aromatic heterocycles. The maximum absolute atomic E-state index is 12.1. The normalized spacial score (nSPS) is 14.2. The molecule has 10 heteroatoms. The quantitative estimate of drug-likeness (QED) is 0.429. The number of hydrogen-bond donors (Lipinski definition) is 1. The van der Waals surface area contributed by atoms with Gasteiger partial charge in [-0.1, -0.05) is 77.4 Å². The highest BCUT2D eigenvalue weighted by Crippen LogP contribution is 2.28. The molecule has 0 unspecified atom stereocenters. The summed E-state index contributed by atoms with van der Waals surface area (Å²) < 4.78 is 6.87. The Labute approximate surface area is 170 Å². The number of anilines is 1. The minimum absolute atomic E-state index is 0.124. The van der Waals surface area contributed by atoms with E-state index < -0.39 is 0 Å². The topological polar surface area (TPSA) is 67.3 Å². The molecule has 1 aliphatic rings. The SMILES string of the molecule is O=C(CSC(=S)N1CCOCC1)Nc1nnc(SCc2ccccc2)s1. The van der Waals surface area contributed by atoms with Gasteiger partial charge in [-0.2, -0.15) is 0 Å². The number of nitrogens with zero attached hydrogens (tertiary/aromatic N) is 3. The van der Waals surface area contributed by atoms with Gasteiger partial charge in [-0.25, -0.2) is 0 Å². The van der Waals surface area contributed by atoms with Crippen molar-refractivity contribution < 1.29 is 9.53 Å². The van der Waals surface area contributed by atoms with Crippen LogP contribution in [0.15, 0.2) is 34.7 Å². The number of thioether (sulfide) groups is 2. The van der Waals surface area contributed by atoms with Gasteiger partial charge in [0.1, 0.15) is 4.32 Å². The van der Waals surface area contributed by atoms with Gasteiger partial charge in [0, 0.05) is 18.8 Å². The molecule has 1 aromatic carbocycles. The molecule has 1 amide bonds. The molecule has 3 rings (SSSR count). The average Bonchev–Trinajstić information content (AvgIpc) is 3.13. The van der Waals surface area contributed by atoms with Crippen molar-refractivity contribution in [3.05, 3.63) is 35.9 Å². The second-order valence-corrected chi connectivity index (χ2v) is 9.16. The van der Waals surface area contributed by atoms with Gasteiger partial charge in [-0.05, 0) is 5.56 Å². The zero-order valence-corrected chi connectivity index (χ0v) is 17.2. The lowest BCUT2D eigenvalue weighted by atomic mass is 10.2. The Hall–Kier alpha value is -1.20. The van der Waals surface area contributed by atoms with E-state index in [1.54, 1.807) is 11.8 Å². The van der Waals surface area contributed by atoms with E-state index in [0.29, 0.717) is 18.3 Å². The fourth-order valence-corrected chi connectivity index (χ4v) is 4.93. The van der Waals surface area contributed by atoms with Crippen LogP contribution in [0.1, 0.15) is 5.56 Å². The van der Waals surface area contributed by atoms with Crippen LogP contribution in [0, 0.1) is 0 Å². The van der Waals surface area contributed by atoms with E-state index in [9.17, 15) is 4.79 Å².